The van der Waals surface area contributed by atoms with Gasteiger partial charge in [0.2, 0.25) is 5.91 Å². The van der Waals surface area contributed by atoms with Crippen molar-refractivity contribution in [3.8, 4) is 0 Å². The van der Waals surface area contributed by atoms with Crippen LogP contribution < -0.4 is 5.32 Å². The van der Waals surface area contributed by atoms with Crippen LogP contribution in [0.5, 0.6) is 0 Å². The molecule has 0 spiro atoms. The van der Waals surface area contributed by atoms with Crippen molar-refractivity contribution in [1.29, 1.82) is 0 Å². The van der Waals surface area contributed by atoms with Crippen molar-refractivity contribution in [3.63, 3.8) is 0 Å². The molecule has 1 saturated heterocycles. The molecule has 1 aromatic carbocycles. The zero-order valence-corrected chi connectivity index (χ0v) is 15.0. The van der Waals surface area contributed by atoms with E-state index in [1.165, 1.54) is 23.1 Å². The van der Waals surface area contributed by atoms with Crippen molar-refractivity contribution < 1.29 is 9.53 Å². The largest absolute Gasteiger partial charge is 0.381 e. The third kappa shape index (κ3) is 4.17. The van der Waals surface area contributed by atoms with Crippen LogP contribution in [0.1, 0.15) is 49.3 Å². The lowest BCUT2D eigenvalue weighted by Gasteiger charge is -2.29. The summed E-state index contributed by atoms with van der Waals surface area (Å²) in [4.78, 5) is 14.4. The number of hydrogen-bond donors (Lipinski definition) is 1. The van der Waals surface area contributed by atoms with Gasteiger partial charge in [0.25, 0.3) is 0 Å². The molecule has 2 atom stereocenters. The zero-order chi connectivity index (χ0) is 16.9. The Morgan fingerprint density at radius 2 is 2.29 bits per heavy atom. The summed E-state index contributed by atoms with van der Waals surface area (Å²) < 4.78 is 5.28. The van der Waals surface area contributed by atoms with Crippen molar-refractivity contribution in [2.75, 3.05) is 32.8 Å². The molecule has 0 bridgehead atoms. The second kappa shape index (κ2) is 8.13. The number of hydrogen-bond acceptors (Lipinski definition) is 3. The average Bonchev–Trinajstić information content (AvgIpc) is 3.15. The Hall–Kier alpha value is -1.39. The first kappa shape index (κ1) is 17.4. The number of ether oxygens (including phenoxy) is 1. The minimum Gasteiger partial charge on any atom is -0.381 e. The first-order chi connectivity index (χ1) is 11.7. The maximum atomic E-state index is 12.0. The Balaban J connectivity index is 1.47. The fraction of sp³-hybridized carbons (Fsp3) is 0.650. The maximum absolute atomic E-state index is 12.0. The highest BCUT2D eigenvalue weighted by molar-refractivity contribution is 5.78. The van der Waals surface area contributed by atoms with Gasteiger partial charge in [0, 0.05) is 32.8 Å². The van der Waals surface area contributed by atoms with Gasteiger partial charge in [-0.25, -0.2) is 0 Å². The lowest BCUT2D eigenvalue weighted by molar-refractivity contribution is -0.125. The fourth-order valence-electron chi connectivity index (χ4n) is 3.59. The quantitative estimate of drug-likeness (QED) is 0.872. The third-order valence-electron chi connectivity index (χ3n) is 5.53. The molecule has 4 heteroatoms. The van der Waals surface area contributed by atoms with Crippen molar-refractivity contribution in [2.24, 2.45) is 5.92 Å². The molecule has 0 aromatic heterocycles. The summed E-state index contributed by atoms with van der Waals surface area (Å²) >= 11 is 0. The van der Waals surface area contributed by atoms with Crippen LogP contribution >= 0.6 is 0 Å². The lowest BCUT2D eigenvalue weighted by atomic mass is 9.91. The van der Waals surface area contributed by atoms with Crippen LogP contribution in [0.3, 0.4) is 0 Å². The van der Waals surface area contributed by atoms with Crippen LogP contribution in [0.15, 0.2) is 18.2 Å². The highest BCUT2D eigenvalue weighted by Gasteiger charge is 2.23. The topological polar surface area (TPSA) is 41.6 Å². The smallest absolute Gasteiger partial charge is 0.225 e. The van der Waals surface area contributed by atoms with Gasteiger partial charge in [-0.3, -0.25) is 9.69 Å². The SMILES string of the molecule is CCC(C)c1ccc2c(c1)CCN(CCNC(=O)C1CCOC1)C2. The monoisotopic (exact) mass is 330 g/mol. The Labute approximate surface area is 145 Å². The minimum absolute atomic E-state index is 0.0612. The van der Waals surface area contributed by atoms with Gasteiger partial charge < -0.3 is 10.1 Å². The van der Waals surface area contributed by atoms with E-state index in [1.807, 2.05) is 0 Å². The molecule has 1 amide bonds. The Bertz CT molecular complexity index is 567. The first-order valence-corrected chi connectivity index (χ1v) is 9.37. The molecule has 2 heterocycles. The van der Waals surface area contributed by atoms with E-state index in [1.54, 1.807) is 0 Å². The highest BCUT2D eigenvalue weighted by Crippen LogP contribution is 2.25. The Kier molecular flexibility index (Phi) is 5.90. The lowest BCUT2D eigenvalue weighted by Crippen LogP contribution is -2.39. The molecular weight excluding hydrogens is 300 g/mol. The fourth-order valence-corrected chi connectivity index (χ4v) is 3.59. The van der Waals surface area contributed by atoms with Crippen molar-refractivity contribution >= 4 is 5.91 Å². The molecule has 0 saturated carbocycles. The van der Waals surface area contributed by atoms with Gasteiger partial charge in [-0.05, 0) is 41.9 Å². The number of rotatable bonds is 6. The Morgan fingerprint density at radius 1 is 1.42 bits per heavy atom. The van der Waals surface area contributed by atoms with Gasteiger partial charge in [0.05, 0.1) is 12.5 Å². The number of carbonyl (C=O) groups excluding carboxylic acids is 1. The normalized spacial score (nSPS) is 22.2. The van der Waals surface area contributed by atoms with E-state index in [0.717, 1.165) is 45.6 Å². The zero-order valence-electron chi connectivity index (χ0n) is 15.0. The van der Waals surface area contributed by atoms with E-state index in [2.05, 4.69) is 42.3 Å². The van der Waals surface area contributed by atoms with Crippen LogP contribution in [-0.4, -0.2) is 43.7 Å². The Morgan fingerprint density at radius 3 is 3.04 bits per heavy atom. The molecule has 1 N–H and O–H groups in total. The van der Waals surface area contributed by atoms with Crippen molar-refractivity contribution in [2.45, 2.75) is 45.6 Å². The molecule has 0 radical (unpaired) electrons. The summed E-state index contributed by atoms with van der Waals surface area (Å²) in [5.41, 5.74) is 4.43. The molecule has 132 valence electrons. The van der Waals surface area contributed by atoms with E-state index < -0.39 is 0 Å². The van der Waals surface area contributed by atoms with Crippen LogP contribution in [-0.2, 0) is 22.5 Å². The standard InChI is InChI=1S/C20H30N2O2/c1-3-15(2)16-4-5-18-13-22(9-6-17(18)12-16)10-8-21-20(23)19-7-11-24-14-19/h4-5,12,15,19H,3,6-11,13-14H2,1-2H3,(H,21,23). The van der Waals surface area contributed by atoms with E-state index in [9.17, 15) is 4.79 Å². The second-order valence-corrected chi connectivity index (χ2v) is 7.22. The van der Waals surface area contributed by atoms with E-state index in [0.29, 0.717) is 12.5 Å². The number of nitrogens with zero attached hydrogens (tertiary/aromatic N) is 1. The van der Waals surface area contributed by atoms with E-state index in [-0.39, 0.29) is 11.8 Å². The van der Waals surface area contributed by atoms with Gasteiger partial charge >= 0.3 is 0 Å². The molecule has 2 aliphatic rings. The number of nitrogens with one attached hydrogen (secondary N) is 1. The van der Waals surface area contributed by atoms with Crippen LogP contribution in [0.25, 0.3) is 0 Å². The molecule has 3 rings (SSSR count). The van der Waals surface area contributed by atoms with E-state index >= 15 is 0 Å². The van der Waals surface area contributed by atoms with Gasteiger partial charge in [0.1, 0.15) is 0 Å². The van der Waals surface area contributed by atoms with Gasteiger partial charge in [0.15, 0.2) is 0 Å². The number of carbonyl (C=O) groups is 1. The molecule has 1 fully saturated rings. The predicted molar refractivity (Wildman–Crippen MR) is 96.1 cm³/mol. The third-order valence-corrected chi connectivity index (χ3v) is 5.53. The number of benzene rings is 1. The predicted octanol–water partition coefficient (Wildman–Crippen LogP) is 2.71. The average molecular weight is 330 g/mol. The van der Waals surface area contributed by atoms with Gasteiger partial charge in [-0.2, -0.15) is 0 Å². The van der Waals surface area contributed by atoms with Crippen LogP contribution in [0.2, 0.25) is 0 Å². The first-order valence-electron chi connectivity index (χ1n) is 9.37. The molecule has 2 aliphatic heterocycles. The molecule has 4 nitrogen and oxygen atoms in total. The molecular formula is C20H30N2O2. The van der Waals surface area contributed by atoms with Crippen molar-refractivity contribution in [3.05, 3.63) is 34.9 Å². The minimum atomic E-state index is 0.0612. The van der Waals surface area contributed by atoms with Gasteiger partial charge in [-0.15, -0.1) is 0 Å². The van der Waals surface area contributed by atoms with Crippen molar-refractivity contribution in [1.82, 2.24) is 10.2 Å². The molecule has 1 aromatic rings. The highest BCUT2D eigenvalue weighted by atomic mass is 16.5. The number of amides is 1. The summed E-state index contributed by atoms with van der Waals surface area (Å²) in [6, 6.07) is 7.00. The maximum Gasteiger partial charge on any atom is 0.225 e. The molecule has 24 heavy (non-hydrogen) atoms. The molecule has 0 aliphatic carbocycles. The van der Waals surface area contributed by atoms with Crippen LogP contribution in [0, 0.1) is 5.92 Å². The summed E-state index contributed by atoms with van der Waals surface area (Å²) in [5.74, 6) is 0.859. The molecule has 2 unspecified atom stereocenters. The number of fused-ring (bicyclic) bond motifs is 1. The summed E-state index contributed by atoms with van der Waals surface area (Å²) in [6.45, 7) is 9.59. The van der Waals surface area contributed by atoms with Crippen LogP contribution in [0.4, 0.5) is 0 Å². The van der Waals surface area contributed by atoms with Gasteiger partial charge in [-0.1, -0.05) is 32.0 Å². The summed E-state index contributed by atoms with van der Waals surface area (Å²) in [6.07, 6.45) is 3.17. The summed E-state index contributed by atoms with van der Waals surface area (Å²) in [7, 11) is 0. The summed E-state index contributed by atoms with van der Waals surface area (Å²) in [5, 5.41) is 3.07. The second-order valence-electron chi connectivity index (χ2n) is 7.22. The van der Waals surface area contributed by atoms with E-state index in [4.69, 9.17) is 4.74 Å².